The molecule has 90 valence electrons. The molecule has 0 fully saturated rings. The summed E-state index contributed by atoms with van der Waals surface area (Å²) in [6.45, 7) is 2.06. The summed E-state index contributed by atoms with van der Waals surface area (Å²) in [5.41, 5.74) is 1.61. The Morgan fingerprint density at radius 2 is 1.88 bits per heavy atom. The molecule has 6 heteroatoms. The van der Waals surface area contributed by atoms with Crippen molar-refractivity contribution < 1.29 is 0 Å². The molecule has 0 aliphatic carbocycles. The average molecular weight is 271 g/mol. The molecule has 0 radical (unpaired) electrons. The first-order chi connectivity index (χ1) is 8.11. The molecule has 0 aliphatic rings. The van der Waals surface area contributed by atoms with Crippen molar-refractivity contribution in [3.05, 3.63) is 28.3 Å². The van der Waals surface area contributed by atoms with Gasteiger partial charge in [-0.2, -0.15) is 5.10 Å². The van der Waals surface area contributed by atoms with E-state index in [1.54, 1.807) is 10.9 Å². The minimum absolute atomic E-state index is 0.422. The smallest absolute Gasteiger partial charge is 0.165 e. The molecule has 0 saturated heterocycles. The highest BCUT2D eigenvalue weighted by molar-refractivity contribution is 6.34. The zero-order valence-electron chi connectivity index (χ0n) is 9.61. The largest absolute Gasteiger partial charge is 0.275 e. The Morgan fingerprint density at radius 1 is 1.24 bits per heavy atom. The normalized spacial score (nSPS) is 10.8. The second-order valence-electron chi connectivity index (χ2n) is 3.76. The highest BCUT2D eigenvalue weighted by Gasteiger charge is 2.12. The van der Waals surface area contributed by atoms with E-state index in [0.29, 0.717) is 16.1 Å². The van der Waals surface area contributed by atoms with Crippen LogP contribution in [0, 0.1) is 0 Å². The maximum atomic E-state index is 6.11. The van der Waals surface area contributed by atoms with Crippen molar-refractivity contribution in [2.75, 3.05) is 0 Å². The van der Waals surface area contributed by atoms with Crippen LogP contribution < -0.4 is 0 Å². The van der Waals surface area contributed by atoms with Crippen molar-refractivity contribution in [2.24, 2.45) is 7.05 Å². The molecule has 0 spiro atoms. The SMILES string of the molecule is CCCc1c(Cl)nc(-c2cnn(C)c2)nc1Cl. The molecule has 0 amide bonds. The fourth-order valence-corrected chi connectivity index (χ4v) is 2.13. The van der Waals surface area contributed by atoms with E-state index in [1.807, 2.05) is 13.2 Å². The summed E-state index contributed by atoms with van der Waals surface area (Å²) in [6, 6.07) is 0. The van der Waals surface area contributed by atoms with Gasteiger partial charge in [-0.25, -0.2) is 9.97 Å². The van der Waals surface area contributed by atoms with E-state index in [1.165, 1.54) is 0 Å². The van der Waals surface area contributed by atoms with Gasteiger partial charge in [-0.15, -0.1) is 0 Å². The van der Waals surface area contributed by atoms with Crippen molar-refractivity contribution in [2.45, 2.75) is 19.8 Å². The first-order valence-corrected chi connectivity index (χ1v) is 6.08. The van der Waals surface area contributed by atoms with Crippen molar-refractivity contribution >= 4 is 23.2 Å². The van der Waals surface area contributed by atoms with E-state index < -0.39 is 0 Å². The lowest BCUT2D eigenvalue weighted by atomic mass is 10.2. The molecule has 0 aromatic carbocycles. The van der Waals surface area contributed by atoms with E-state index in [4.69, 9.17) is 23.2 Å². The summed E-state index contributed by atoms with van der Waals surface area (Å²) in [6.07, 6.45) is 5.24. The summed E-state index contributed by atoms with van der Waals surface area (Å²) in [7, 11) is 1.83. The van der Waals surface area contributed by atoms with Gasteiger partial charge in [-0.3, -0.25) is 4.68 Å². The average Bonchev–Trinajstić information content (AvgIpc) is 2.70. The number of hydrogen-bond donors (Lipinski definition) is 0. The van der Waals surface area contributed by atoms with Gasteiger partial charge in [-0.05, 0) is 6.42 Å². The maximum Gasteiger partial charge on any atom is 0.165 e. The van der Waals surface area contributed by atoms with Gasteiger partial charge in [0.2, 0.25) is 0 Å². The van der Waals surface area contributed by atoms with Gasteiger partial charge in [0.05, 0.1) is 11.8 Å². The molecule has 0 unspecified atom stereocenters. The summed E-state index contributed by atoms with van der Waals surface area (Å²) in [4.78, 5) is 8.51. The Kier molecular flexibility index (Phi) is 3.64. The van der Waals surface area contributed by atoms with Gasteiger partial charge < -0.3 is 0 Å². The summed E-state index contributed by atoms with van der Waals surface area (Å²) in [5, 5.41) is 4.91. The number of hydrogen-bond acceptors (Lipinski definition) is 3. The summed E-state index contributed by atoms with van der Waals surface area (Å²) < 4.78 is 1.68. The third-order valence-electron chi connectivity index (χ3n) is 2.37. The first-order valence-electron chi connectivity index (χ1n) is 5.32. The quantitative estimate of drug-likeness (QED) is 0.805. The lowest BCUT2D eigenvalue weighted by Crippen LogP contribution is -1.97. The zero-order chi connectivity index (χ0) is 12.4. The number of nitrogens with zero attached hydrogens (tertiary/aromatic N) is 4. The minimum Gasteiger partial charge on any atom is -0.275 e. The number of rotatable bonds is 3. The van der Waals surface area contributed by atoms with Crippen LogP contribution in [0.1, 0.15) is 18.9 Å². The van der Waals surface area contributed by atoms with Gasteiger partial charge in [0.1, 0.15) is 10.3 Å². The Morgan fingerprint density at radius 3 is 2.35 bits per heavy atom. The van der Waals surface area contributed by atoms with Crippen LogP contribution in [0.3, 0.4) is 0 Å². The van der Waals surface area contributed by atoms with E-state index in [0.717, 1.165) is 24.0 Å². The van der Waals surface area contributed by atoms with E-state index in [-0.39, 0.29) is 0 Å². The van der Waals surface area contributed by atoms with Crippen molar-refractivity contribution in [1.29, 1.82) is 0 Å². The maximum absolute atomic E-state index is 6.11. The number of aromatic nitrogens is 4. The predicted octanol–water partition coefficient (Wildman–Crippen LogP) is 3.14. The molecule has 2 rings (SSSR count). The highest BCUT2D eigenvalue weighted by Crippen LogP contribution is 2.26. The third kappa shape index (κ3) is 2.58. The topological polar surface area (TPSA) is 43.6 Å². The molecule has 0 atom stereocenters. The molecule has 0 N–H and O–H groups in total. The standard InChI is InChI=1S/C11H12Cl2N4/c1-3-4-8-9(12)15-11(16-10(8)13)7-5-14-17(2)6-7/h5-6H,3-4H2,1-2H3. The first kappa shape index (κ1) is 12.3. The third-order valence-corrected chi connectivity index (χ3v) is 2.99. The Balaban J connectivity index is 2.45. The van der Waals surface area contributed by atoms with Crippen LogP contribution in [0.25, 0.3) is 11.4 Å². The van der Waals surface area contributed by atoms with Gasteiger partial charge in [-0.1, -0.05) is 36.5 Å². The highest BCUT2D eigenvalue weighted by atomic mass is 35.5. The van der Waals surface area contributed by atoms with Crippen LogP contribution in [0.15, 0.2) is 12.4 Å². The van der Waals surface area contributed by atoms with Crippen LogP contribution in [0.4, 0.5) is 0 Å². The van der Waals surface area contributed by atoms with E-state index >= 15 is 0 Å². The zero-order valence-corrected chi connectivity index (χ0v) is 11.1. The monoisotopic (exact) mass is 270 g/mol. The molecular weight excluding hydrogens is 259 g/mol. The van der Waals surface area contributed by atoms with E-state index in [2.05, 4.69) is 22.0 Å². The number of halogens is 2. The van der Waals surface area contributed by atoms with Crippen LogP contribution in [0.2, 0.25) is 10.3 Å². The van der Waals surface area contributed by atoms with Crippen LogP contribution >= 0.6 is 23.2 Å². The molecule has 2 aromatic rings. The molecule has 0 aliphatic heterocycles. The predicted molar refractivity (Wildman–Crippen MR) is 68.2 cm³/mol. The van der Waals surface area contributed by atoms with Crippen molar-refractivity contribution in [3.63, 3.8) is 0 Å². The van der Waals surface area contributed by atoms with E-state index in [9.17, 15) is 0 Å². The van der Waals surface area contributed by atoms with Crippen molar-refractivity contribution in [1.82, 2.24) is 19.7 Å². The van der Waals surface area contributed by atoms with Crippen molar-refractivity contribution in [3.8, 4) is 11.4 Å². The lowest BCUT2D eigenvalue weighted by Gasteiger charge is -2.05. The van der Waals surface area contributed by atoms with Gasteiger partial charge in [0, 0.05) is 18.8 Å². The molecule has 4 nitrogen and oxygen atoms in total. The van der Waals surface area contributed by atoms with Crippen LogP contribution in [-0.2, 0) is 13.5 Å². The lowest BCUT2D eigenvalue weighted by molar-refractivity contribution is 0.768. The van der Waals surface area contributed by atoms with Gasteiger partial charge >= 0.3 is 0 Å². The molecule has 0 bridgehead atoms. The van der Waals surface area contributed by atoms with Gasteiger partial charge in [0.15, 0.2) is 5.82 Å². The fourth-order valence-electron chi connectivity index (χ4n) is 1.55. The van der Waals surface area contributed by atoms with Crippen LogP contribution in [0.5, 0.6) is 0 Å². The molecule has 17 heavy (non-hydrogen) atoms. The molecule has 0 saturated carbocycles. The molecule has 2 heterocycles. The number of aryl methyl sites for hydroxylation is 1. The van der Waals surface area contributed by atoms with Gasteiger partial charge in [0.25, 0.3) is 0 Å². The fraction of sp³-hybridized carbons (Fsp3) is 0.364. The second-order valence-corrected chi connectivity index (χ2v) is 4.48. The summed E-state index contributed by atoms with van der Waals surface area (Å²) in [5.74, 6) is 0.507. The molecule has 2 aromatic heterocycles. The molecular formula is C11H12Cl2N4. The second kappa shape index (κ2) is 5.02. The Labute approximate surface area is 110 Å². The Bertz CT molecular complexity index is 513. The minimum atomic E-state index is 0.422. The summed E-state index contributed by atoms with van der Waals surface area (Å²) >= 11 is 12.2. The van der Waals surface area contributed by atoms with Crippen LogP contribution in [-0.4, -0.2) is 19.7 Å². The Hall–Kier alpha value is -1.13.